The van der Waals surface area contributed by atoms with Crippen molar-refractivity contribution in [2.45, 2.75) is 0 Å². The summed E-state index contributed by atoms with van der Waals surface area (Å²) in [7, 11) is 3.10. The minimum absolute atomic E-state index is 0.352. The van der Waals surface area contributed by atoms with E-state index in [1.54, 1.807) is 20.3 Å². The van der Waals surface area contributed by atoms with E-state index in [1.165, 1.54) is 0 Å². The van der Waals surface area contributed by atoms with Crippen LogP contribution in [0, 0.1) is 0 Å². The molecule has 1 aliphatic heterocycles. The molecule has 0 saturated heterocycles. The van der Waals surface area contributed by atoms with Gasteiger partial charge in [-0.05, 0) is 11.5 Å². The number of imide groups is 1. The zero-order valence-electron chi connectivity index (χ0n) is 12.4. The standard InChI is InChI=1S/C16H16N2O4/c1-21-8-7-17-18-15(19)12-9-13(22-2)10-5-3-4-6-11(10)14(12)16(18)20/h3-6,9,17H,7-8H2,1-2H3. The zero-order chi connectivity index (χ0) is 15.7. The number of carbonyl (C=O) groups excluding carboxylic acids is 2. The fourth-order valence-electron chi connectivity index (χ4n) is 2.64. The third kappa shape index (κ3) is 2.13. The number of amides is 2. The molecular formula is C16H16N2O4. The first kappa shape index (κ1) is 14.5. The van der Waals surface area contributed by atoms with E-state index in [1.807, 2.05) is 24.3 Å². The summed E-state index contributed by atoms with van der Waals surface area (Å²) in [6, 6.07) is 9.01. The van der Waals surface area contributed by atoms with Crippen LogP contribution in [0.2, 0.25) is 0 Å². The Bertz CT molecular complexity index is 757. The fraction of sp³-hybridized carbons (Fsp3) is 0.250. The number of hydrogen-bond donors (Lipinski definition) is 1. The van der Waals surface area contributed by atoms with Crippen LogP contribution in [-0.4, -0.2) is 44.2 Å². The molecule has 1 N–H and O–H groups in total. The van der Waals surface area contributed by atoms with Crippen molar-refractivity contribution in [3.05, 3.63) is 41.5 Å². The molecule has 1 aliphatic rings. The fourth-order valence-corrected chi connectivity index (χ4v) is 2.64. The van der Waals surface area contributed by atoms with Crippen molar-refractivity contribution in [3.63, 3.8) is 0 Å². The number of nitrogens with one attached hydrogen (secondary N) is 1. The number of carbonyl (C=O) groups is 2. The molecule has 6 nitrogen and oxygen atoms in total. The van der Waals surface area contributed by atoms with Crippen molar-refractivity contribution in [2.75, 3.05) is 27.4 Å². The minimum atomic E-state index is -0.375. The van der Waals surface area contributed by atoms with Crippen molar-refractivity contribution in [3.8, 4) is 5.75 Å². The highest BCUT2D eigenvalue weighted by Gasteiger charge is 2.38. The first-order valence-corrected chi connectivity index (χ1v) is 6.90. The molecule has 2 aromatic carbocycles. The predicted molar refractivity (Wildman–Crippen MR) is 80.9 cm³/mol. The van der Waals surface area contributed by atoms with Crippen LogP contribution in [0.5, 0.6) is 5.75 Å². The number of fused-ring (bicyclic) bond motifs is 3. The van der Waals surface area contributed by atoms with Gasteiger partial charge < -0.3 is 9.47 Å². The van der Waals surface area contributed by atoms with E-state index in [0.29, 0.717) is 35.4 Å². The van der Waals surface area contributed by atoms with Gasteiger partial charge in [-0.3, -0.25) is 9.59 Å². The highest BCUT2D eigenvalue weighted by Crippen LogP contribution is 2.35. The van der Waals surface area contributed by atoms with Gasteiger partial charge in [-0.1, -0.05) is 24.3 Å². The van der Waals surface area contributed by atoms with Gasteiger partial charge in [0.1, 0.15) is 5.75 Å². The van der Waals surface area contributed by atoms with Gasteiger partial charge >= 0.3 is 0 Å². The number of rotatable bonds is 5. The van der Waals surface area contributed by atoms with Gasteiger partial charge in [-0.15, -0.1) is 0 Å². The Morgan fingerprint density at radius 3 is 2.50 bits per heavy atom. The molecule has 0 atom stereocenters. The predicted octanol–water partition coefficient (Wildman–Crippen LogP) is 1.60. The molecule has 0 radical (unpaired) electrons. The zero-order valence-corrected chi connectivity index (χ0v) is 12.4. The maximum absolute atomic E-state index is 12.6. The van der Waals surface area contributed by atoms with Crippen molar-refractivity contribution in [2.24, 2.45) is 0 Å². The van der Waals surface area contributed by atoms with Crippen LogP contribution in [-0.2, 0) is 4.74 Å². The second kappa shape index (κ2) is 5.75. The summed E-state index contributed by atoms with van der Waals surface area (Å²) in [5.41, 5.74) is 3.56. The number of hydrogen-bond acceptors (Lipinski definition) is 5. The average molecular weight is 300 g/mol. The summed E-state index contributed by atoms with van der Waals surface area (Å²) >= 11 is 0. The van der Waals surface area contributed by atoms with Crippen LogP contribution in [0.4, 0.5) is 0 Å². The van der Waals surface area contributed by atoms with E-state index in [4.69, 9.17) is 9.47 Å². The second-order valence-electron chi connectivity index (χ2n) is 4.89. The van der Waals surface area contributed by atoms with Crippen LogP contribution in [0.25, 0.3) is 10.8 Å². The van der Waals surface area contributed by atoms with Crippen molar-refractivity contribution in [1.82, 2.24) is 10.4 Å². The normalized spacial score (nSPS) is 13.8. The van der Waals surface area contributed by atoms with E-state index in [2.05, 4.69) is 5.43 Å². The SMILES string of the molecule is COCCNN1C(=O)c2cc(OC)c3ccccc3c2C1=O. The Kier molecular flexibility index (Phi) is 3.79. The summed E-state index contributed by atoms with van der Waals surface area (Å²) in [6.45, 7) is 0.772. The van der Waals surface area contributed by atoms with Crippen LogP contribution in [0.3, 0.4) is 0 Å². The Balaban J connectivity index is 2.10. The van der Waals surface area contributed by atoms with Gasteiger partial charge in [0.05, 0.1) is 24.8 Å². The second-order valence-corrected chi connectivity index (χ2v) is 4.89. The number of hydrazine groups is 1. The van der Waals surface area contributed by atoms with Crippen molar-refractivity contribution >= 4 is 22.6 Å². The monoisotopic (exact) mass is 300 g/mol. The van der Waals surface area contributed by atoms with Crippen LogP contribution < -0.4 is 10.2 Å². The van der Waals surface area contributed by atoms with E-state index in [9.17, 15) is 9.59 Å². The number of ether oxygens (including phenoxy) is 2. The van der Waals surface area contributed by atoms with Gasteiger partial charge in [-0.25, -0.2) is 10.4 Å². The summed E-state index contributed by atoms with van der Waals surface area (Å²) in [6.07, 6.45) is 0. The average Bonchev–Trinajstić information content (AvgIpc) is 2.79. The van der Waals surface area contributed by atoms with Crippen LogP contribution in [0.15, 0.2) is 30.3 Å². The molecule has 0 aliphatic carbocycles. The smallest absolute Gasteiger partial charge is 0.276 e. The third-order valence-corrected chi connectivity index (χ3v) is 3.65. The Morgan fingerprint density at radius 1 is 1.09 bits per heavy atom. The molecule has 6 heteroatoms. The Labute approximate surface area is 127 Å². The summed E-state index contributed by atoms with van der Waals surface area (Å²) < 4.78 is 10.3. The van der Waals surface area contributed by atoms with Gasteiger partial charge in [0.15, 0.2) is 0 Å². The van der Waals surface area contributed by atoms with E-state index >= 15 is 0 Å². The highest BCUT2D eigenvalue weighted by atomic mass is 16.5. The molecule has 22 heavy (non-hydrogen) atoms. The number of methoxy groups -OCH3 is 2. The van der Waals surface area contributed by atoms with Gasteiger partial charge in [0.25, 0.3) is 11.8 Å². The molecule has 2 amide bonds. The van der Waals surface area contributed by atoms with Crippen LogP contribution in [0.1, 0.15) is 20.7 Å². The van der Waals surface area contributed by atoms with Crippen molar-refractivity contribution < 1.29 is 19.1 Å². The molecule has 0 spiro atoms. The molecule has 0 bridgehead atoms. The topological polar surface area (TPSA) is 67.9 Å². The van der Waals surface area contributed by atoms with Crippen LogP contribution >= 0.6 is 0 Å². The molecular weight excluding hydrogens is 284 g/mol. The van der Waals surface area contributed by atoms with Gasteiger partial charge in [-0.2, -0.15) is 0 Å². The van der Waals surface area contributed by atoms with E-state index in [-0.39, 0.29) is 11.8 Å². The highest BCUT2D eigenvalue weighted by molar-refractivity contribution is 6.26. The minimum Gasteiger partial charge on any atom is -0.496 e. The van der Waals surface area contributed by atoms with Gasteiger partial charge in [0, 0.05) is 19.0 Å². The quantitative estimate of drug-likeness (QED) is 0.671. The molecule has 0 aromatic heterocycles. The summed E-state index contributed by atoms with van der Waals surface area (Å²) in [5.74, 6) is -0.149. The lowest BCUT2D eigenvalue weighted by molar-refractivity contribution is 0.0546. The first-order valence-electron chi connectivity index (χ1n) is 6.90. The molecule has 1 heterocycles. The van der Waals surface area contributed by atoms with Gasteiger partial charge in [0.2, 0.25) is 0 Å². The number of benzene rings is 2. The molecule has 0 unspecified atom stereocenters. The van der Waals surface area contributed by atoms with E-state index in [0.717, 1.165) is 10.4 Å². The number of nitrogens with zero attached hydrogens (tertiary/aromatic N) is 1. The first-order chi connectivity index (χ1) is 10.7. The Morgan fingerprint density at radius 2 is 1.82 bits per heavy atom. The maximum Gasteiger partial charge on any atom is 0.276 e. The summed E-state index contributed by atoms with van der Waals surface area (Å²) in [5, 5.41) is 2.56. The van der Waals surface area contributed by atoms with Crippen molar-refractivity contribution in [1.29, 1.82) is 0 Å². The molecule has 2 aromatic rings. The Hall–Kier alpha value is -2.44. The molecule has 114 valence electrons. The largest absolute Gasteiger partial charge is 0.496 e. The maximum atomic E-state index is 12.6. The van der Waals surface area contributed by atoms with E-state index < -0.39 is 0 Å². The lowest BCUT2D eigenvalue weighted by Gasteiger charge is -2.14. The summed E-state index contributed by atoms with van der Waals surface area (Å²) in [4.78, 5) is 25.0. The molecule has 0 saturated carbocycles. The molecule has 0 fully saturated rings. The third-order valence-electron chi connectivity index (χ3n) is 3.65. The lowest BCUT2D eigenvalue weighted by Crippen LogP contribution is -2.43. The molecule has 3 rings (SSSR count). The lowest BCUT2D eigenvalue weighted by atomic mass is 9.99.